The summed E-state index contributed by atoms with van der Waals surface area (Å²) in [4.78, 5) is 14.3. The van der Waals surface area contributed by atoms with E-state index < -0.39 is 0 Å². The number of carbonyl (C=O) groups excluding carboxylic acids is 1. The maximum Gasteiger partial charge on any atom is 0.222 e. The second-order valence-corrected chi connectivity index (χ2v) is 6.53. The van der Waals surface area contributed by atoms with Crippen molar-refractivity contribution in [2.75, 3.05) is 18.6 Å². The molecule has 0 saturated carbocycles. The SMILES string of the molecule is CC(CC(N)=S)N(C)C(=O)CC1CCSCC1. The summed E-state index contributed by atoms with van der Waals surface area (Å²) in [6.45, 7) is 1.99. The minimum atomic E-state index is 0.109. The average molecular weight is 274 g/mol. The van der Waals surface area contributed by atoms with Crippen molar-refractivity contribution in [2.45, 2.75) is 38.6 Å². The Morgan fingerprint density at radius 1 is 1.53 bits per heavy atom. The molecule has 3 nitrogen and oxygen atoms in total. The lowest BCUT2D eigenvalue weighted by molar-refractivity contribution is -0.132. The molecule has 1 fully saturated rings. The summed E-state index contributed by atoms with van der Waals surface area (Å²) in [6, 6.07) is 0.109. The van der Waals surface area contributed by atoms with Crippen LogP contribution in [-0.2, 0) is 4.79 Å². The standard InChI is InChI=1S/C12H22N2OS2/c1-9(7-11(13)16)14(2)12(15)8-10-3-5-17-6-4-10/h9-10H,3-8H2,1-2H3,(H2,13,16). The van der Waals surface area contributed by atoms with Crippen LogP contribution < -0.4 is 5.73 Å². The van der Waals surface area contributed by atoms with Gasteiger partial charge in [-0.25, -0.2) is 0 Å². The van der Waals surface area contributed by atoms with Crippen molar-refractivity contribution in [2.24, 2.45) is 11.7 Å². The second-order valence-electron chi connectivity index (χ2n) is 4.78. The summed E-state index contributed by atoms with van der Waals surface area (Å²) in [6.07, 6.45) is 3.64. The number of hydrogen-bond donors (Lipinski definition) is 1. The van der Waals surface area contributed by atoms with Crippen LogP contribution in [0.2, 0.25) is 0 Å². The van der Waals surface area contributed by atoms with Gasteiger partial charge in [0.05, 0.1) is 4.99 Å². The molecule has 1 aliphatic rings. The van der Waals surface area contributed by atoms with E-state index in [1.54, 1.807) is 4.90 Å². The lowest BCUT2D eigenvalue weighted by Gasteiger charge is -2.28. The predicted molar refractivity (Wildman–Crippen MR) is 78.3 cm³/mol. The number of hydrogen-bond acceptors (Lipinski definition) is 3. The molecule has 0 bridgehead atoms. The normalized spacial score (nSPS) is 18.7. The first-order valence-corrected chi connectivity index (χ1v) is 7.68. The van der Waals surface area contributed by atoms with Crippen molar-refractivity contribution in [3.8, 4) is 0 Å². The summed E-state index contributed by atoms with van der Waals surface area (Å²) in [5, 5.41) is 0. The summed E-state index contributed by atoms with van der Waals surface area (Å²) < 4.78 is 0. The number of rotatable bonds is 5. The molecule has 1 aliphatic heterocycles. The topological polar surface area (TPSA) is 46.3 Å². The fraction of sp³-hybridized carbons (Fsp3) is 0.833. The Balaban J connectivity index is 2.37. The first-order chi connectivity index (χ1) is 8.00. The van der Waals surface area contributed by atoms with Crippen LogP contribution in [0.15, 0.2) is 0 Å². The van der Waals surface area contributed by atoms with Crippen molar-refractivity contribution in [1.82, 2.24) is 4.90 Å². The highest BCUT2D eigenvalue weighted by molar-refractivity contribution is 7.99. The van der Waals surface area contributed by atoms with Gasteiger partial charge in [0.15, 0.2) is 0 Å². The number of thiocarbonyl (C=S) groups is 1. The Labute approximate surface area is 113 Å². The van der Waals surface area contributed by atoms with Gasteiger partial charge >= 0.3 is 0 Å². The van der Waals surface area contributed by atoms with E-state index in [9.17, 15) is 4.79 Å². The molecule has 0 aromatic carbocycles. The molecule has 1 saturated heterocycles. The third-order valence-corrected chi connectivity index (χ3v) is 4.57. The monoisotopic (exact) mass is 274 g/mol. The molecule has 5 heteroatoms. The van der Waals surface area contributed by atoms with Crippen LogP contribution in [-0.4, -0.2) is 40.4 Å². The minimum Gasteiger partial charge on any atom is -0.393 e. The van der Waals surface area contributed by atoms with Crippen LogP contribution >= 0.6 is 24.0 Å². The Kier molecular flexibility index (Phi) is 6.27. The van der Waals surface area contributed by atoms with E-state index in [0.717, 1.165) is 0 Å². The number of thioether (sulfide) groups is 1. The van der Waals surface area contributed by atoms with Gasteiger partial charge in [0.2, 0.25) is 5.91 Å². The van der Waals surface area contributed by atoms with Crippen LogP contribution in [0.5, 0.6) is 0 Å². The van der Waals surface area contributed by atoms with Gasteiger partial charge in [0.25, 0.3) is 0 Å². The van der Waals surface area contributed by atoms with E-state index in [1.807, 2.05) is 25.7 Å². The molecular weight excluding hydrogens is 252 g/mol. The van der Waals surface area contributed by atoms with Crippen LogP contribution in [0.1, 0.15) is 32.6 Å². The zero-order chi connectivity index (χ0) is 12.8. The smallest absolute Gasteiger partial charge is 0.222 e. The fourth-order valence-electron chi connectivity index (χ4n) is 2.02. The molecule has 0 spiro atoms. The fourth-order valence-corrected chi connectivity index (χ4v) is 3.46. The molecule has 0 radical (unpaired) electrons. The third kappa shape index (κ3) is 5.25. The first kappa shape index (κ1) is 14.8. The average Bonchev–Trinajstić information content (AvgIpc) is 2.28. The number of nitrogens with two attached hydrogens (primary N) is 1. The molecule has 2 N–H and O–H groups in total. The molecule has 98 valence electrons. The van der Waals surface area contributed by atoms with Gasteiger partial charge < -0.3 is 10.6 Å². The van der Waals surface area contributed by atoms with Gasteiger partial charge in [-0.1, -0.05) is 12.2 Å². The summed E-state index contributed by atoms with van der Waals surface area (Å²) >= 11 is 6.87. The van der Waals surface area contributed by atoms with E-state index in [2.05, 4.69) is 0 Å². The number of carbonyl (C=O) groups is 1. The van der Waals surface area contributed by atoms with Crippen molar-refractivity contribution < 1.29 is 4.79 Å². The van der Waals surface area contributed by atoms with Gasteiger partial charge in [-0.3, -0.25) is 4.79 Å². The van der Waals surface area contributed by atoms with Gasteiger partial charge in [-0.05, 0) is 37.2 Å². The number of nitrogens with zero attached hydrogens (tertiary/aromatic N) is 1. The van der Waals surface area contributed by atoms with Gasteiger partial charge in [-0.15, -0.1) is 0 Å². The highest BCUT2D eigenvalue weighted by Gasteiger charge is 2.22. The summed E-state index contributed by atoms with van der Waals surface area (Å²) in [5.41, 5.74) is 5.51. The molecule has 1 atom stereocenters. The molecule has 1 heterocycles. The maximum atomic E-state index is 12.1. The molecule has 1 unspecified atom stereocenters. The second kappa shape index (κ2) is 7.21. The van der Waals surface area contributed by atoms with Crippen molar-refractivity contribution >= 4 is 34.9 Å². The molecule has 0 aromatic rings. The minimum absolute atomic E-state index is 0.109. The molecule has 0 aromatic heterocycles. The third-order valence-electron chi connectivity index (χ3n) is 3.36. The highest BCUT2D eigenvalue weighted by atomic mass is 32.2. The van der Waals surface area contributed by atoms with Crippen LogP contribution in [0.3, 0.4) is 0 Å². The molecule has 1 amide bonds. The Morgan fingerprint density at radius 2 is 2.12 bits per heavy atom. The summed E-state index contributed by atoms with van der Waals surface area (Å²) in [7, 11) is 1.85. The Hall–Kier alpha value is -0.290. The highest BCUT2D eigenvalue weighted by Crippen LogP contribution is 2.26. The van der Waals surface area contributed by atoms with Crippen molar-refractivity contribution in [3.63, 3.8) is 0 Å². The largest absolute Gasteiger partial charge is 0.393 e. The van der Waals surface area contributed by atoms with Gasteiger partial charge in [0.1, 0.15) is 0 Å². The van der Waals surface area contributed by atoms with E-state index >= 15 is 0 Å². The van der Waals surface area contributed by atoms with Gasteiger partial charge in [0, 0.05) is 25.9 Å². The zero-order valence-electron chi connectivity index (χ0n) is 10.6. The summed E-state index contributed by atoms with van der Waals surface area (Å²) in [5.74, 6) is 3.20. The molecule has 17 heavy (non-hydrogen) atoms. The number of amides is 1. The Morgan fingerprint density at radius 3 is 2.65 bits per heavy atom. The first-order valence-electron chi connectivity index (χ1n) is 6.12. The van der Waals surface area contributed by atoms with E-state index in [-0.39, 0.29) is 11.9 Å². The lowest BCUT2D eigenvalue weighted by Crippen LogP contribution is -2.38. The maximum absolute atomic E-state index is 12.1. The molecular formula is C12H22N2OS2. The van der Waals surface area contributed by atoms with Gasteiger partial charge in [-0.2, -0.15) is 11.8 Å². The predicted octanol–water partition coefficient (Wildman–Crippen LogP) is 2.04. The molecule has 0 aliphatic carbocycles. The van der Waals surface area contributed by atoms with Crippen molar-refractivity contribution in [3.05, 3.63) is 0 Å². The van der Waals surface area contributed by atoms with Crippen LogP contribution in [0, 0.1) is 5.92 Å². The quantitative estimate of drug-likeness (QED) is 0.779. The van der Waals surface area contributed by atoms with E-state index in [1.165, 1.54) is 24.3 Å². The zero-order valence-corrected chi connectivity index (χ0v) is 12.3. The van der Waals surface area contributed by atoms with E-state index in [0.29, 0.717) is 23.7 Å². The van der Waals surface area contributed by atoms with Crippen molar-refractivity contribution in [1.29, 1.82) is 0 Å². The Bertz CT molecular complexity index is 278. The molecule has 1 rings (SSSR count). The van der Waals surface area contributed by atoms with Crippen LogP contribution in [0.4, 0.5) is 0 Å². The lowest BCUT2D eigenvalue weighted by atomic mass is 9.98. The van der Waals surface area contributed by atoms with E-state index in [4.69, 9.17) is 18.0 Å². The van der Waals surface area contributed by atoms with Crippen LogP contribution in [0.25, 0.3) is 0 Å².